The van der Waals surface area contributed by atoms with Crippen LogP contribution in [0.25, 0.3) is 0 Å². The number of benzene rings is 2. The summed E-state index contributed by atoms with van der Waals surface area (Å²) in [6, 6.07) is 12.4. The lowest BCUT2D eigenvalue weighted by atomic mass is 10.2. The predicted molar refractivity (Wildman–Crippen MR) is 114 cm³/mol. The number of carbonyl (C=O) groups excluding carboxylic acids is 1. The maximum Gasteiger partial charge on any atom is 0.271 e. The maximum absolute atomic E-state index is 12.0. The van der Waals surface area contributed by atoms with E-state index in [2.05, 4.69) is 17.5 Å². The molecule has 0 fully saturated rings. The van der Waals surface area contributed by atoms with Crippen molar-refractivity contribution in [2.45, 2.75) is 39.5 Å². The Bertz CT molecular complexity index is 779. The van der Waals surface area contributed by atoms with Crippen molar-refractivity contribution in [2.75, 3.05) is 13.2 Å². The van der Waals surface area contributed by atoms with E-state index < -0.39 is 0 Å². The number of nitrogens with zero attached hydrogens (tertiary/aromatic N) is 1. The van der Waals surface area contributed by atoms with Gasteiger partial charge in [-0.3, -0.25) is 4.79 Å². The van der Waals surface area contributed by atoms with Crippen molar-refractivity contribution in [3.63, 3.8) is 0 Å². The van der Waals surface area contributed by atoms with Gasteiger partial charge in [-0.2, -0.15) is 5.10 Å². The number of ether oxygens (including phenoxy) is 2. The van der Waals surface area contributed by atoms with Crippen molar-refractivity contribution in [2.24, 2.45) is 5.10 Å². The highest BCUT2D eigenvalue weighted by atomic mass is 35.5. The van der Waals surface area contributed by atoms with E-state index in [1.807, 2.05) is 13.0 Å². The fraction of sp³-hybridized carbons (Fsp3) is 0.364. The molecule has 0 aliphatic heterocycles. The Morgan fingerprint density at radius 3 is 2.61 bits per heavy atom. The number of hydrogen-bond acceptors (Lipinski definition) is 4. The number of unbranched alkanes of at least 4 members (excludes halogenated alkanes) is 3. The zero-order chi connectivity index (χ0) is 20.2. The van der Waals surface area contributed by atoms with Crippen LogP contribution < -0.4 is 14.9 Å². The van der Waals surface area contributed by atoms with Gasteiger partial charge in [0.15, 0.2) is 11.5 Å². The number of rotatable bonds is 11. The van der Waals surface area contributed by atoms with Crippen molar-refractivity contribution in [1.82, 2.24) is 5.43 Å². The summed E-state index contributed by atoms with van der Waals surface area (Å²) >= 11 is 6.39. The van der Waals surface area contributed by atoms with E-state index in [4.69, 9.17) is 21.1 Å². The summed E-state index contributed by atoms with van der Waals surface area (Å²) in [6.07, 6.45) is 6.01. The summed E-state index contributed by atoms with van der Waals surface area (Å²) in [5.74, 6) is 0.840. The normalized spacial score (nSPS) is 10.8. The first-order valence-electron chi connectivity index (χ1n) is 9.63. The van der Waals surface area contributed by atoms with Crippen molar-refractivity contribution in [3.8, 4) is 11.5 Å². The molecule has 2 aromatic carbocycles. The fourth-order valence-corrected chi connectivity index (χ4v) is 2.86. The molecule has 0 saturated heterocycles. The van der Waals surface area contributed by atoms with E-state index in [1.54, 1.807) is 36.4 Å². The summed E-state index contributed by atoms with van der Waals surface area (Å²) < 4.78 is 11.5. The minimum Gasteiger partial charge on any atom is -0.490 e. The van der Waals surface area contributed by atoms with Crippen LogP contribution in [0.3, 0.4) is 0 Å². The van der Waals surface area contributed by atoms with E-state index >= 15 is 0 Å². The second kappa shape index (κ2) is 12.0. The molecule has 28 heavy (non-hydrogen) atoms. The Kier molecular flexibility index (Phi) is 9.35. The molecule has 0 unspecified atom stereocenters. The van der Waals surface area contributed by atoms with Gasteiger partial charge in [0.05, 0.1) is 24.5 Å². The molecular formula is C22H27ClN2O3. The second-order valence-corrected chi connectivity index (χ2v) is 6.64. The highest BCUT2D eigenvalue weighted by Crippen LogP contribution is 2.36. The lowest BCUT2D eigenvalue weighted by molar-refractivity contribution is 0.0955. The predicted octanol–water partition coefficient (Wildman–Crippen LogP) is 5.46. The van der Waals surface area contributed by atoms with Crippen molar-refractivity contribution in [3.05, 3.63) is 58.6 Å². The molecule has 0 atom stereocenters. The molecule has 0 radical (unpaired) electrons. The Balaban J connectivity index is 2.03. The zero-order valence-corrected chi connectivity index (χ0v) is 17.2. The zero-order valence-electron chi connectivity index (χ0n) is 16.4. The molecule has 5 nitrogen and oxygen atoms in total. The van der Waals surface area contributed by atoms with Crippen molar-refractivity contribution >= 4 is 23.7 Å². The lowest BCUT2D eigenvalue weighted by Crippen LogP contribution is -2.17. The molecule has 150 valence electrons. The Morgan fingerprint density at radius 2 is 1.89 bits per heavy atom. The van der Waals surface area contributed by atoms with Gasteiger partial charge >= 0.3 is 0 Å². The monoisotopic (exact) mass is 402 g/mol. The largest absolute Gasteiger partial charge is 0.490 e. The van der Waals surface area contributed by atoms with Gasteiger partial charge in [-0.15, -0.1) is 0 Å². The van der Waals surface area contributed by atoms with E-state index in [-0.39, 0.29) is 5.91 Å². The van der Waals surface area contributed by atoms with Gasteiger partial charge in [-0.25, -0.2) is 5.43 Å². The average molecular weight is 403 g/mol. The number of hydrazone groups is 1. The van der Waals surface area contributed by atoms with Crippen LogP contribution in [-0.4, -0.2) is 25.3 Å². The smallest absolute Gasteiger partial charge is 0.271 e. The maximum atomic E-state index is 12.0. The Hall–Kier alpha value is -2.53. The van der Waals surface area contributed by atoms with E-state index in [0.29, 0.717) is 40.9 Å². The number of hydrogen-bond donors (Lipinski definition) is 1. The molecule has 6 heteroatoms. The van der Waals surface area contributed by atoms with Gasteiger partial charge < -0.3 is 9.47 Å². The molecule has 0 saturated carbocycles. The number of amides is 1. The fourth-order valence-electron chi connectivity index (χ4n) is 2.59. The first kappa shape index (κ1) is 21.8. The second-order valence-electron chi connectivity index (χ2n) is 6.24. The molecule has 0 aliphatic rings. The first-order valence-corrected chi connectivity index (χ1v) is 10.0. The molecule has 2 aromatic rings. The first-order chi connectivity index (χ1) is 13.7. The van der Waals surface area contributed by atoms with E-state index in [1.165, 1.54) is 19.1 Å². The van der Waals surface area contributed by atoms with Crippen molar-refractivity contribution in [1.29, 1.82) is 0 Å². The topological polar surface area (TPSA) is 59.9 Å². The Morgan fingerprint density at radius 1 is 1.11 bits per heavy atom. The molecular weight excluding hydrogens is 376 g/mol. The Labute approximate surface area is 171 Å². The summed E-state index contributed by atoms with van der Waals surface area (Å²) in [5.41, 5.74) is 3.75. The van der Waals surface area contributed by atoms with Crippen LogP contribution in [0.5, 0.6) is 11.5 Å². The minimum atomic E-state index is -0.278. The summed E-state index contributed by atoms with van der Waals surface area (Å²) in [7, 11) is 0. The third-order valence-corrected chi connectivity index (χ3v) is 4.27. The molecule has 1 amide bonds. The van der Waals surface area contributed by atoms with E-state index in [9.17, 15) is 4.79 Å². The van der Waals surface area contributed by atoms with Crippen LogP contribution in [-0.2, 0) is 0 Å². The van der Waals surface area contributed by atoms with Gasteiger partial charge in [0, 0.05) is 5.56 Å². The number of carbonyl (C=O) groups is 1. The van der Waals surface area contributed by atoms with Crippen LogP contribution in [0.4, 0.5) is 0 Å². The van der Waals surface area contributed by atoms with Crippen LogP contribution in [0.15, 0.2) is 47.6 Å². The molecule has 1 N–H and O–H groups in total. The summed E-state index contributed by atoms with van der Waals surface area (Å²) in [5, 5.41) is 4.46. The standard InChI is InChI=1S/C22H27ClN2O3/c1-3-5-6-10-13-28-21-19(23)14-17(15-20(21)27-4-2)16-24-25-22(26)18-11-8-7-9-12-18/h7-9,11-12,14-16H,3-6,10,13H2,1-2H3,(H,25,26)/b24-16+. The van der Waals surface area contributed by atoms with Gasteiger partial charge in [-0.1, -0.05) is 56.0 Å². The quantitative estimate of drug-likeness (QED) is 0.308. The van der Waals surface area contributed by atoms with Gasteiger partial charge in [0.1, 0.15) is 0 Å². The molecule has 2 rings (SSSR count). The van der Waals surface area contributed by atoms with Gasteiger partial charge in [0.2, 0.25) is 0 Å². The van der Waals surface area contributed by atoms with Crippen LogP contribution >= 0.6 is 11.6 Å². The molecule has 0 heterocycles. The summed E-state index contributed by atoms with van der Waals surface area (Å²) in [6.45, 7) is 5.17. The summed E-state index contributed by atoms with van der Waals surface area (Å²) in [4.78, 5) is 12.0. The van der Waals surface area contributed by atoms with Crippen LogP contribution in [0.2, 0.25) is 5.02 Å². The SMILES string of the molecule is CCCCCCOc1c(Cl)cc(/C=N/NC(=O)c2ccccc2)cc1OCC. The minimum absolute atomic E-state index is 0.278. The third-order valence-electron chi connectivity index (χ3n) is 3.99. The van der Waals surface area contributed by atoms with Crippen LogP contribution in [0.1, 0.15) is 55.5 Å². The van der Waals surface area contributed by atoms with Crippen LogP contribution in [0, 0.1) is 0 Å². The molecule has 0 aromatic heterocycles. The molecule has 0 aliphatic carbocycles. The highest BCUT2D eigenvalue weighted by Gasteiger charge is 2.12. The molecule has 0 bridgehead atoms. The number of halogens is 1. The van der Waals surface area contributed by atoms with Gasteiger partial charge in [0.25, 0.3) is 5.91 Å². The van der Waals surface area contributed by atoms with Gasteiger partial charge in [-0.05, 0) is 43.2 Å². The van der Waals surface area contributed by atoms with E-state index in [0.717, 1.165) is 12.8 Å². The highest BCUT2D eigenvalue weighted by molar-refractivity contribution is 6.32. The number of nitrogens with one attached hydrogen (secondary N) is 1. The average Bonchev–Trinajstić information content (AvgIpc) is 2.70. The lowest BCUT2D eigenvalue weighted by Gasteiger charge is -2.14. The third kappa shape index (κ3) is 6.89. The molecule has 0 spiro atoms. The van der Waals surface area contributed by atoms with Crippen molar-refractivity contribution < 1.29 is 14.3 Å².